The molecule has 76 valence electrons. The summed E-state index contributed by atoms with van der Waals surface area (Å²) in [6.45, 7) is 0. The van der Waals surface area contributed by atoms with Crippen molar-refractivity contribution in [2.45, 2.75) is 25.4 Å². The van der Waals surface area contributed by atoms with Crippen LogP contribution < -0.4 is 0 Å². The van der Waals surface area contributed by atoms with E-state index in [9.17, 15) is 12.8 Å². The Morgan fingerprint density at radius 1 is 1.23 bits per heavy atom. The molecule has 0 aromatic heterocycles. The smallest absolute Gasteiger partial charge is 0.201 e. The second-order valence-corrected chi connectivity index (χ2v) is 8.19. The van der Waals surface area contributed by atoms with E-state index in [2.05, 4.69) is 0 Å². The van der Waals surface area contributed by atoms with Crippen LogP contribution in [-0.4, -0.2) is 26.1 Å². The Hall–Kier alpha value is 0.230. The highest BCUT2D eigenvalue weighted by Gasteiger charge is 2.38. The molecule has 1 saturated carbocycles. The first-order valence-electron chi connectivity index (χ1n) is 4.58. The second-order valence-electron chi connectivity index (χ2n) is 3.94. The fraction of sp³-hybridized carbons (Fsp3) is 1.00. The molecule has 3 unspecified atom stereocenters. The molecule has 1 aliphatic heterocycles. The van der Waals surface area contributed by atoms with Crippen molar-refractivity contribution >= 4 is 19.7 Å². The van der Waals surface area contributed by atoms with Crippen LogP contribution in [0.25, 0.3) is 0 Å². The Morgan fingerprint density at radius 3 is 2.77 bits per heavy atom. The van der Waals surface area contributed by atoms with E-state index in [4.69, 9.17) is 0 Å². The van der Waals surface area contributed by atoms with Gasteiger partial charge in [-0.25, -0.2) is 12.8 Å². The van der Waals surface area contributed by atoms with Crippen molar-refractivity contribution in [3.63, 3.8) is 0 Å². The molecule has 0 bridgehead atoms. The number of fused-ring (bicyclic) bond motifs is 1. The van der Waals surface area contributed by atoms with E-state index in [0.29, 0.717) is 24.5 Å². The van der Waals surface area contributed by atoms with Gasteiger partial charge >= 0.3 is 0 Å². The van der Waals surface area contributed by atoms with E-state index >= 15 is 0 Å². The summed E-state index contributed by atoms with van der Waals surface area (Å²) < 4.78 is 35.5. The quantitative estimate of drug-likeness (QED) is 0.589. The van der Waals surface area contributed by atoms with Crippen LogP contribution in [0.2, 0.25) is 0 Å². The zero-order chi connectivity index (χ0) is 9.47. The van der Waals surface area contributed by atoms with Crippen LogP contribution in [0, 0.1) is 11.8 Å². The van der Waals surface area contributed by atoms with Gasteiger partial charge in [0.05, 0.1) is 5.75 Å². The molecule has 1 saturated heterocycles. The van der Waals surface area contributed by atoms with Gasteiger partial charge < -0.3 is 0 Å². The summed E-state index contributed by atoms with van der Waals surface area (Å²) in [7, 11) is -1.86. The monoisotopic (exact) mass is 224 g/mol. The zero-order valence-corrected chi connectivity index (χ0v) is 8.91. The van der Waals surface area contributed by atoms with Crippen molar-refractivity contribution in [2.24, 2.45) is 11.8 Å². The molecule has 2 rings (SSSR count). The first-order valence-corrected chi connectivity index (χ1v) is 7.73. The van der Waals surface area contributed by atoms with Crippen molar-refractivity contribution in [1.29, 1.82) is 0 Å². The minimum Gasteiger partial charge on any atom is -0.247 e. The van der Waals surface area contributed by atoms with Crippen LogP contribution in [0.3, 0.4) is 0 Å². The highest BCUT2D eigenvalue weighted by molar-refractivity contribution is 8.72. The third-order valence-corrected chi connectivity index (χ3v) is 6.61. The summed E-state index contributed by atoms with van der Waals surface area (Å²) in [5.74, 6) is 1.41. The molecule has 2 aliphatic rings. The molecule has 2 nitrogen and oxygen atoms in total. The van der Waals surface area contributed by atoms with Gasteiger partial charge in [0, 0.05) is 5.75 Å². The number of halogens is 1. The number of rotatable bonds is 0. The predicted octanol–water partition coefficient (Wildman–Crippen LogP) is 1.82. The lowest BCUT2D eigenvalue weighted by Crippen LogP contribution is -2.35. The summed E-state index contributed by atoms with van der Waals surface area (Å²) in [5.41, 5.74) is 0. The van der Waals surface area contributed by atoms with E-state index in [1.807, 2.05) is 0 Å². The van der Waals surface area contributed by atoms with Crippen LogP contribution >= 0.6 is 10.8 Å². The van der Waals surface area contributed by atoms with Crippen molar-refractivity contribution in [3.8, 4) is 0 Å². The fourth-order valence-electron chi connectivity index (χ4n) is 2.19. The number of hydrogen-bond donors (Lipinski definition) is 0. The van der Waals surface area contributed by atoms with Gasteiger partial charge in [0.25, 0.3) is 0 Å². The number of hydrogen-bond acceptors (Lipinski definition) is 3. The van der Waals surface area contributed by atoms with Crippen molar-refractivity contribution < 1.29 is 12.8 Å². The third kappa shape index (κ3) is 2.18. The Bertz CT molecular complexity index is 289. The van der Waals surface area contributed by atoms with Crippen LogP contribution in [0.5, 0.6) is 0 Å². The van der Waals surface area contributed by atoms with Crippen molar-refractivity contribution in [1.82, 2.24) is 0 Å². The molecule has 13 heavy (non-hydrogen) atoms. The molecule has 1 heterocycles. The van der Waals surface area contributed by atoms with Crippen LogP contribution in [0.15, 0.2) is 0 Å². The van der Waals surface area contributed by atoms with Gasteiger partial charge in [-0.3, -0.25) is 0 Å². The molecule has 2 fully saturated rings. The summed E-state index contributed by atoms with van der Waals surface area (Å²) in [5, 5.41) is 0. The summed E-state index contributed by atoms with van der Waals surface area (Å²) in [6.07, 6.45) is 1.20. The molecule has 5 heteroatoms. The molecule has 0 N–H and O–H groups in total. The Kier molecular flexibility index (Phi) is 2.57. The summed E-state index contributed by atoms with van der Waals surface area (Å²) in [6, 6.07) is 0. The molecule has 0 amide bonds. The Balaban J connectivity index is 2.06. The lowest BCUT2D eigenvalue weighted by atomic mass is 9.80. The van der Waals surface area contributed by atoms with Gasteiger partial charge in [0.15, 0.2) is 0 Å². The van der Waals surface area contributed by atoms with Gasteiger partial charge in [0.2, 0.25) is 8.87 Å². The first kappa shape index (κ1) is 9.77. The highest BCUT2D eigenvalue weighted by atomic mass is 33.1. The average molecular weight is 224 g/mol. The molecule has 0 aromatic rings. The molecule has 1 aliphatic carbocycles. The second kappa shape index (κ2) is 3.42. The Labute approximate surface area is 81.6 Å². The van der Waals surface area contributed by atoms with E-state index in [-0.39, 0.29) is 11.7 Å². The minimum atomic E-state index is -2.88. The highest BCUT2D eigenvalue weighted by Crippen LogP contribution is 2.40. The summed E-state index contributed by atoms with van der Waals surface area (Å²) >= 11 is 0. The standard InChI is InChI=1S/C8H13FO2S2/c9-8-2-1-6-5-13(10,11)12-4-7(6)3-8/h6-8H,1-5H2. The van der Waals surface area contributed by atoms with Crippen LogP contribution in [0.1, 0.15) is 19.3 Å². The van der Waals surface area contributed by atoms with Gasteiger partial charge in [0.1, 0.15) is 6.17 Å². The predicted molar refractivity (Wildman–Crippen MR) is 52.0 cm³/mol. The SMILES string of the molecule is O=S1(=O)CC2CCC(F)CC2CS1. The van der Waals surface area contributed by atoms with E-state index in [1.165, 1.54) is 0 Å². The minimum absolute atomic E-state index is 0.234. The van der Waals surface area contributed by atoms with E-state index < -0.39 is 15.0 Å². The lowest BCUT2D eigenvalue weighted by Gasteiger charge is -2.35. The molecule has 0 aromatic carbocycles. The maximum Gasteiger partial charge on any atom is 0.201 e. The van der Waals surface area contributed by atoms with Gasteiger partial charge in [-0.2, -0.15) is 0 Å². The Morgan fingerprint density at radius 2 is 2.00 bits per heavy atom. The van der Waals surface area contributed by atoms with E-state index in [1.54, 1.807) is 0 Å². The van der Waals surface area contributed by atoms with Crippen molar-refractivity contribution in [2.75, 3.05) is 11.5 Å². The van der Waals surface area contributed by atoms with Crippen molar-refractivity contribution in [3.05, 3.63) is 0 Å². The fourth-order valence-corrected chi connectivity index (χ4v) is 6.00. The van der Waals surface area contributed by atoms with Gasteiger partial charge in [-0.15, -0.1) is 0 Å². The summed E-state index contributed by atoms with van der Waals surface area (Å²) in [4.78, 5) is 0. The van der Waals surface area contributed by atoms with E-state index in [0.717, 1.165) is 17.2 Å². The largest absolute Gasteiger partial charge is 0.247 e. The van der Waals surface area contributed by atoms with Gasteiger partial charge in [-0.1, -0.05) is 0 Å². The average Bonchev–Trinajstić information content (AvgIpc) is 2.05. The van der Waals surface area contributed by atoms with Gasteiger partial charge in [-0.05, 0) is 41.9 Å². The lowest BCUT2D eigenvalue weighted by molar-refractivity contribution is 0.164. The maximum atomic E-state index is 13.0. The molecular weight excluding hydrogens is 211 g/mol. The topological polar surface area (TPSA) is 34.1 Å². The zero-order valence-electron chi connectivity index (χ0n) is 7.28. The molecule has 0 spiro atoms. The molecular formula is C8H13FO2S2. The first-order chi connectivity index (χ1) is 6.07. The van der Waals surface area contributed by atoms with Crippen LogP contribution in [-0.2, 0) is 8.87 Å². The molecule has 3 atom stereocenters. The maximum absolute atomic E-state index is 13.0. The van der Waals surface area contributed by atoms with Crippen LogP contribution in [0.4, 0.5) is 4.39 Å². The normalized spacial score (nSPS) is 43.9. The molecule has 0 radical (unpaired) electrons. The number of alkyl halides is 1. The third-order valence-electron chi connectivity index (χ3n) is 2.96.